The number of hydrogen-bond donors (Lipinski definition) is 1. The third-order valence-electron chi connectivity index (χ3n) is 2.89. The Hall–Kier alpha value is -1.03. The van der Waals surface area contributed by atoms with Crippen molar-refractivity contribution < 1.29 is 14.6 Å². The summed E-state index contributed by atoms with van der Waals surface area (Å²) in [4.78, 5) is 13.5. The van der Waals surface area contributed by atoms with E-state index in [4.69, 9.17) is 4.74 Å². The van der Waals surface area contributed by atoms with E-state index in [0.29, 0.717) is 6.42 Å². The zero-order valence-corrected chi connectivity index (χ0v) is 12.9. The van der Waals surface area contributed by atoms with Crippen molar-refractivity contribution in [2.45, 2.75) is 78.5 Å². The van der Waals surface area contributed by atoms with Crippen molar-refractivity contribution in [3.8, 4) is 0 Å². The summed E-state index contributed by atoms with van der Waals surface area (Å²) in [5.74, 6) is 0. The lowest BCUT2D eigenvalue weighted by Gasteiger charge is -2.28. The molecule has 0 aromatic carbocycles. The van der Waals surface area contributed by atoms with Crippen LogP contribution in [0.4, 0.5) is 4.79 Å². The van der Waals surface area contributed by atoms with Gasteiger partial charge in [0.15, 0.2) is 0 Å². The van der Waals surface area contributed by atoms with E-state index in [1.165, 1.54) is 6.26 Å². The highest BCUT2D eigenvalue weighted by Crippen LogP contribution is 2.08. The predicted octanol–water partition coefficient (Wildman–Crippen LogP) is 3.70. The van der Waals surface area contributed by atoms with E-state index in [2.05, 4.69) is 6.92 Å². The zero-order valence-electron chi connectivity index (χ0n) is 12.9. The fourth-order valence-electron chi connectivity index (χ4n) is 1.96. The van der Waals surface area contributed by atoms with Crippen LogP contribution in [-0.4, -0.2) is 34.3 Å². The Labute approximate surface area is 117 Å². The number of hydrogen-bond acceptors (Lipinski definition) is 3. The van der Waals surface area contributed by atoms with Crippen LogP contribution in [0, 0.1) is 0 Å². The molecule has 0 heterocycles. The van der Waals surface area contributed by atoms with Crippen molar-refractivity contribution in [1.29, 1.82) is 0 Å². The van der Waals surface area contributed by atoms with Gasteiger partial charge in [-0.1, -0.05) is 19.8 Å². The molecule has 112 valence electrons. The van der Waals surface area contributed by atoms with Gasteiger partial charge in [0.05, 0.1) is 12.4 Å². The first-order chi connectivity index (χ1) is 8.90. The van der Waals surface area contributed by atoms with Crippen LogP contribution in [0.2, 0.25) is 0 Å². The molecule has 0 saturated carbocycles. The van der Waals surface area contributed by atoms with Gasteiger partial charge in [-0.05, 0) is 46.6 Å². The molecule has 0 aliphatic heterocycles. The average Bonchev–Trinajstić information content (AvgIpc) is 2.31. The van der Waals surface area contributed by atoms with Crippen molar-refractivity contribution in [2.75, 3.05) is 0 Å². The SMILES string of the molecule is CCCCC(O)C/C=C\OC(=O)N(C(C)C)C(C)C. The first-order valence-electron chi connectivity index (χ1n) is 7.22. The number of rotatable bonds is 8. The van der Waals surface area contributed by atoms with Gasteiger partial charge in [0.1, 0.15) is 0 Å². The minimum atomic E-state index is -0.346. The summed E-state index contributed by atoms with van der Waals surface area (Å²) in [7, 11) is 0. The molecule has 0 aromatic heterocycles. The largest absolute Gasteiger partial charge is 0.418 e. The second-order valence-corrected chi connectivity index (χ2v) is 5.38. The van der Waals surface area contributed by atoms with Gasteiger partial charge < -0.3 is 14.7 Å². The van der Waals surface area contributed by atoms with Gasteiger partial charge in [0, 0.05) is 12.1 Å². The van der Waals surface area contributed by atoms with E-state index < -0.39 is 0 Å². The van der Waals surface area contributed by atoms with Crippen molar-refractivity contribution in [1.82, 2.24) is 4.90 Å². The molecule has 0 spiro atoms. The third kappa shape index (κ3) is 7.88. The maximum atomic E-state index is 11.8. The van der Waals surface area contributed by atoms with Crippen LogP contribution in [0.25, 0.3) is 0 Å². The summed E-state index contributed by atoms with van der Waals surface area (Å²) >= 11 is 0. The Morgan fingerprint density at radius 1 is 1.26 bits per heavy atom. The number of ether oxygens (including phenoxy) is 1. The van der Waals surface area contributed by atoms with E-state index in [1.807, 2.05) is 27.7 Å². The number of amides is 1. The minimum Gasteiger partial charge on any atom is -0.418 e. The van der Waals surface area contributed by atoms with Crippen LogP contribution in [0.1, 0.15) is 60.3 Å². The molecule has 0 fully saturated rings. The van der Waals surface area contributed by atoms with Crippen LogP contribution in [0.3, 0.4) is 0 Å². The Kier molecular flexibility index (Phi) is 9.31. The molecule has 0 aliphatic carbocycles. The summed E-state index contributed by atoms with van der Waals surface area (Å²) in [5, 5.41) is 9.63. The average molecular weight is 271 g/mol. The molecule has 0 rings (SSSR count). The Bertz CT molecular complexity index is 267. The topological polar surface area (TPSA) is 49.8 Å². The second kappa shape index (κ2) is 9.84. The lowest BCUT2D eigenvalue weighted by molar-refractivity contribution is 0.108. The summed E-state index contributed by atoms with van der Waals surface area (Å²) in [6, 6.07) is 0.215. The minimum absolute atomic E-state index is 0.107. The van der Waals surface area contributed by atoms with Gasteiger partial charge in [-0.2, -0.15) is 0 Å². The monoisotopic (exact) mass is 271 g/mol. The Morgan fingerprint density at radius 3 is 2.32 bits per heavy atom. The Balaban J connectivity index is 4.07. The lowest BCUT2D eigenvalue weighted by atomic mass is 10.1. The number of aliphatic hydroxyl groups excluding tert-OH is 1. The number of nitrogens with zero attached hydrogens (tertiary/aromatic N) is 1. The normalized spacial score (nSPS) is 13.3. The molecule has 4 heteroatoms. The van der Waals surface area contributed by atoms with E-state index in [1.54, 1.807) is 11.0 Å². The fourth-order valence-corrected chi connectivity index (χ4v) is 1.96. The highest BCUT2D eigenvalue weighted by molar-refractivity contribution is 5.68. The number of aliphatic hydroxyl groups is 1. The zero-order chi connectivity index (χ0) is 14.8. The first kappa shape index (κ1) is 18.0. The van der Waals surface area contributed by atoms with Gasteiger partial charge >= 0.3 is 6.09 Å². The maximum absolute atomic E-state index is 11.8. The molecule has 19 heavy (non-hydrogen) atoms. The van der Waals surface area contributed by atoms with Crippen molar-refractivity contribution >= 4 is 6.09 Å². The third-order valence-corrected chi connectivity index (χ3v) is 2.89. The summed E-state index contributed by atoms with van der Waals surface area (Å²) in [6.45, 7) is 9.93. The standard InChI is InChI=1S/C15H29NO3/c1-6-7-9-14(17)10-8-11-19-15(18)16(12(2)3)13(4)5/h8,11-14,17H,6-7,9-10H2,1-5H3/b11-8-. The van der Waals surface area contributed by atoms with E-state index >= 15 is 0 Å². The smallest absolute Gasteiger partial charge is 0.415 e. The van der Waals surface area contributed by atoms with E-state index in [0.717, 1.165) is 19.3 Å². The predicted molar refractivity (Wildman–Crippen MR) is 77.9 cm³/mol. The highest BCUT2D eigenvalue weighted by Gasteiger charge is 2.20. The Morgan fingerprint density at radius 2 is 1.84 bits per heavy atom. The van der Waals surface area contributed by atoms with Crippen molar-refractivity contribution in [3.63, 3.8) is 0 Å². The molecule has 0 bridgehead atoms. The second-order valence-electron chi connectivity index (χ2n) is 5.38. The molecule has 0 saturated heterocycles. The molecule has 1 N–H and O–H groups in total. The number of carbonyl (C=O) groups excluding carboxylic acids is 1. The van der Waals surface area contributed by atoms with Crippen LogP contribution in [-0.2, 0) is 4.74 Å². The number of carbonyl (C=O) groups is 1. The number of unbranched alkanes of at least 4 members (excludes halogenated alkanes) is 1. The first-order valence-corrected chi connectivity index (χ1v) is 7.22. The molecule has 4 nitrogen and oxygen atoms in total. The molecule has 0 radical (unpaired) electrons. The molecule has 0 aromatic rings. The molecule has 1 amide bonds. The van der Waals surface area contributed by atoms with Gasteiger partial charge in [-0.25, -0.2) is 4.79 Å². The van der Waals surface area contributed by atoms with Crippen LogP contribution in [0.15, 0.2) is 12.3 Å². The van der Waals surface area contributed by atoms with Crippen LogP contribution < -0.4 is 0 Å². The van der Waals surface area contributed by atoms with Gasteiger partial charge in [-0.3, -0.25) is 0 Å². The summed E-state index contributed by atoms with van der Waals surface area (Å²) in [5.41, 5.74) is 0. The molecular weight excluding hydrogens is 242 g/mol. The maximum Gasteiger partial charge on any atom is 0.415 e. The fraction of sp³-hybridized carbons (Fsp3) is 0.800. The summed E-state index contributed by atoms with van der Waals surface area (Å²) in [6.07, 6.45) is 5.81. The van der Waals surface area contributed by atoms with Gasteiger partial charge in [0.25, 0.3) is 0 Å². The van der Waals surface area contributed by atoms with Crippen molar-refractivity contribution in [3.05, 3.63) is 12.3 Å². The van der Waals surface area contributed by atoms with Gasteiger partial charge in [0.2, 0.25) is 0 Å². The van der Waals surface area contributed by atoms with Crippen molar-refractivity contribution in [2.24, 2.45) is 0 Å². The molecule has 1 unspecified atom stereocenters. The van der Waals surface area contributed by atoms with Gasteiger partial charge in [-0.15, -0.1) is 0 Å². The quantitative estimate of drug-likeness (QED) is 0.685. The summed E-state index contributed by atoms with van der Waals surface area (Å²) < 4.78 is 5.08. The van der Waals surface area contributed by atoms with Crippen LogP contribution in [0.5, 0.6) is 0 Å². The van der Waals surface area contributed by atoms with Crippen LogP contribution >= 0.6 is 0 Å². The molecule has 1 atom stereocenters. The molecular formula is C15H29NO3. The molecule has 0 aliphatic rings. The lowest BCUT2D eigenvalue weighted by Crippen LogP contribution is -2.41. The van der Waals surface area contributed by atoms with E-state index in [-0.39, 0.29) is 24.3 Å². The highest BCUT2D eigenvalue weighted by atomic mass is 16.5. The van der Waals surface area contributed by atoms with E-state index in [9.17, 15) is 9.90 Å².